The number of nitrogens with two attached hydrogens (primary N) is 2. The highest BCUT2D eigenvalue weighted by molar-refractivity contribution is 7.80. The Balaban J connectivity index is 5.12. The molecule has 28 heavy (non-hydrogen) atoms. The average molecular weight is 420 g/mol. The first-order valence-corrected chi connectivity index (χ1v) is 9.30. The lowest BCUT2D eigenvalue weighted by atomic mass is 10.0. The third kappa shape index (κ3) is 9.55. The lowest BCUT2D eigenvalue weighted by Crippen LogP contribution is -2.57. The molecule has 0 radical (unpaired) electrons. The number of carbonyl (C=O) groups is 5. The molecule has 160 valence electrons. The fourth-order valence-corrected chi connectivity index (χ4v) is 2.39. The van der Waals surface area contributed by atoms with E-state index >= 15 is 0 Å². The number of rotatable bonds is 12. The van der Waals surface area contributed by atoms with Crippen molar-refractivity contribution in [1.82, 2.24) is 16.0 Å². The van der Waals surface area contributed by atoms with Crippen LogP contribution in [-0.4, -0.2) is 64.6 Å². The third-order valence-corrected chi connectivity index (χ3v) is 4.01. The summed E-state index contributed by atoms with van der Waals surface area (Å²) >= 11 is 4.00. The van der Waals surface area contributed by atoms with E-state index in [0.717, 1.165) is 0 Å². The van der Waals surface area contributed by atoms with Crippen molar-refractivity contribution in [3.8, 4) is 0 Å². The fourth-order valence-electron chi connectivity index (χ4n) is 2.13. The van der Waals surface area contributed by atoms with Crippen LogP contribution < -0.4 is 27.4 Å². The molecule has 0 rings (SSSR count). The Labute approximate surface area is 168 Å². The van der Waals surface area contributed by atoms with Crippen molar-refractivity contribution in [2.75, 3.05) is 5.75 Å². The Hall–Kier alpha value is -2.34. The molecule has 8 N–H and O–H groups in total. The van der Waals surface area contributed by atoms with E-state index in [1.54, 1.807) is 0 Å². The number of aliphatic carboxylic acids is 1. The first-order valence-electron chi connectivity index (χ1n) is 8.67. The maximum Gasteiger partial charge on any atom is 0.325 e. The fraction of sp³-hybridized carbons (Fsp3) is 0.688. The molecule has 0 heterocycles. The number of primary amides is 1. The molecule has 0 saturated heterocycles. The van der Waals surface area contributed by atoms with Gasteiger partial charge >= 0.3 is 5.97 Å². The monoisotopic (exact) mass is 419 g/mol. The van der Waals surface area contributed by atoms with Crippen molar-refractivity contribution in [3.63, 3.8) is 0 Å². The molecule has 11 nitrogen and oxygen atoms in total. The van der Waals surface area contributed by atoms with Gasteiger partial charge in [-0.3, -0.25) is 24.0 Å². The third-order valence-electron chi connectivity index (χ3n) is 3.64. The predicted molar refractivity (Wildman–Crippen MR) is 104 cm³/mol. The zero-order chi connectivity index (χ0) is 22.0. The molecule has 0 aliphatic heterocycles. The van der Waals surface area contributed by atoms with E-state index in [1.165, 1.54) is 6.92 Å². The topological polar surface area (TPSA) is 194 Å². The highest BCUT2D eigenvalue weighted by Crippen LogP contribution is 2.06. The molecule has 0 bridgehead atoms. The van der Waals surface area contributed by atoms with Crippen LogP contribution >= 0.6 is 12.6 Å². The van der Waals surface area contributed by atoms with Crippen LogP contribution in [-0.2, 0) is 24.0 Å². The lowest BCUT2D eigenvalue weighted by molar-refractivity contribution is -0.141. The smallest absolute Gasteiger partial charge is 0.325 e. The van der Waals surface area contributed by atoms with Gasteiger partial charge < -0.3 is 32.5 Å². The van der Waals surface area contributed by atoms with Gasteiger partial charge in [0, 0.05) is 5.75 Å². The van der Waals surface area contributed by atoms with E-state index in [2.05, 4.69) is 28.6 Å². The minimum absolute atomic E-state index is 0.0127. The Morgan fingerprint density at radius 3 is 1.86 bits per heavy atom. The number of thiol groups is 1. The molecule has 4 atom stereocenters. The van der Waals surface area contributed by atoms with Crippen LogP contribution in [0.1, 0.15) is 33.6 Å². The van der Waals surface area contributed by atoms with Gasteiger partial charge in [-0.25, -0.2) is 0 Å². The summed E-state index contributed by atoms with van der Waals surface area (Å²) < 4.78 is 0. The van der Waals surface area contributed by atoms with Crippen molar-refractivity contribution in [1.29, 1.82) is 0 Å². The second kappa shape index (κ2) is 12.2. The van der Waals surface area contributed by atoms with E-state index in [4.69, 9.17) is 16.6 Å². The first-order chi connectivity index (χ1) is 12.9. The number of hydrogen-bond donors (Lipinski definition) is 7. The second-order valence-corrected chi connectivity index (χ2v) is 7.15. The molecule has 0 fully saturated rings. The van der Waals surface area contributed by atoms with Gasteiger partial charge in [0.05, 0.1) is 12.5 Å². The van der Waals surface area contributed by atoms with Crippen molar-refractivity contribution in [2.24, 2.45) is 17.4 Å². The average Bonchev–Trinajstić information content (AvgIpc) is 2.57. The van der Waals surface area contributed by atoms with Gasteiger partial charge in [0.2, 0.25) is 23.6 Å². The standard InChI is InChI=1S/C16H29N5O6S/c1-7(2)4-10(20-13(23)9(17)5-12(18)22)14(24)21-11(6-28)15(25)19-8(3)16(26)27/h7-11,28H,4-6,17H2,1-3H3,(H2,18,22)(H,19,25)(H,20,23)(H,21,24)(H,26,27). The van der Waals surface area contributed by atoms with Crippen LogP contribution in [0.5, 0.6) is 0 Å². The highest BCUT2D eigenvalue weighted by atomic mass is 32.1. The molecule has 12 heteroatoms. The molecule has 0 aromatic rings. The summed E-state index contributed by atoms with van der Waals surface area (Å²) in [5, 5.41) is 16.0. The quantitative estimate of drug-likeness (QED) is 0.173. The molecule has 0 spiro atoms. The number of amides is 4. The predicted octanol–water partition coefficient (Wildman–Crippen LogP) is -2.28. The lowest BCUT2D eigenvalue weighted by Gasteiger charge is -2.24. The summed E-state index contributed by atoms with van der Waals surface area (Å²) in [5.41, 5.74) is 10.6. The Morgan fingerprint density at radius 2 is 1.43 bits per heavy atom. The first kappa shape index (κ1) is 25.7. The second-order valence-electron chi connectivity index (χ2n) is 6.78. The molecule has 0 aromatic carbocycles. The van der Waals surface area contributed by atoms with Crippen molar-refractivity contribution in [2.45, 2.75) is 57.8 Å². The van der Waals surface area contributed by atoms with Crippen LogP contribution in [0.25, 0.3) is 0 Å². The maximum atomic E-state index is 12.6. The number of nitrogens with one attached hydrogen (secondary N) is 3. The minimum atomic E-state index is -1.23. The molecular formula is C16H29N5O6S. The number of carboxylic acid groups (broad SMARTS) is 1. The minimum Gasteiger partial charge on any atom is -0.480 e. The van der Waals surface area contributed by atoms with E-state index < -0.39 is 53.8 Å². The Morgan fingerprint density at radius 1 is 0.929 bits per heavy atom. The van der Waals surface area contributed by atoms with Crippen molar-refractivity contribution >= 4 is 42.2 Å². The largest absolute Gasteiger partial charge is 0.480 e. The zero-order valence-electron chi connectivity index (χ0n) is 16.1. The van der Waals surface area contributed by atoms with Crippen LogP contribution in [0, 0.1) is 5.92 Å². The van der Waals surface area contributed by atoms with Gasteiger partial charge in [0.25, 0.3) is 0 Å². The van der Waals surface area contributed by atoms with E-state index in [0.29, 0.717) is 0 Å². The number of carboxylic acids is 1. The van der Waals surface area contributed by atoms with Gasteiger partial charge in [-0.15, -0.1) is 0 Å². The summed E-state index contributed by atoms with van der Waals surface area (Å²) in [6, 6.07) is -4.48. The Bertz CT molecular complexity index is 600. The van der Waals surface area contributed by atoms with Crippen LogP contribution in [0.2, 0.25) is 0 Å². The van der Waals surface area contributed by atoms with E-state index in [-0.39, 0.29) is 24.5 Å². The molecule has 0 aliphatic rings. The molecule has 0 aliphatic carbocycles. The molecule has 0 aromatic heterocycles. The highest BCUT2D eigenvalue weighted by Gasteiger charge is 2.29. The van der Waals surface area contributed by atoms with Crippen LogP contribution in [0.4, 0.5) is 0 Å². The summed E-state index contributed by atoms with van der Waals surface area (Å²) in [7, 11) is 0. The normalized spacial score (nSPS) is 15.1. The molecule has 4 unspecified atom stereocenters. The summed E-state index contributed by atoms with van der Waals surface area (Å²) in [4.78, 5) is 58.5. The summed E-state index contributed by atoms with van der Waals surface area (Å²) in [6.45, 7) is 4.93. The molecular weight excluding hydrogens is 390 g/mol. The van der Waals surface area contributed by atoms with Gasteiger partial charge in [-0.05, 0) is 19.3 Å². The number of hydrogen-bond acceptors (Lipinski definition) is 7. The SMILES string of the molecule is CC(C)CC(NC(=O)C(N)CC(N)=O)C(=O)NC(CS)C(=O)NC(C)C(=O)O. The summed E-state index contributed by atoms with van der Waals surface area (Å²) in [5.74, 6) is -4.18. The van der Waals surface area contributed by atoms with E-state index in [9.17, 15) is 24.0 Å². The number of carbonyl (C=O) groups excluding carboxylic acids is 4. The molecule has 0 saturated carbocycles. The van der Waals surface area contributed by atoms with Gasteiger partial charge in [0.1, 0.15) is 18.1 Å². The van der Waals surface area contributed by atoms with Crippen molar-refractivity contribution < 1.29 is 29.1 Å². The Kier molecular flexibility index (Phi) is 11.2. The van der Waals surface area contributed by atoms with Gasteiger partial charge in [0.15, 0.2) is 0 Å². The van der Waals surface area contributed by atoms with Gasteiger partial charge in [-0.2, -0.15) is 12.6 Å². The van der Waals surface area contributed by atoms with Crippen molar-refractivity contribution in [3.05, 3.63) is 0 Å². The zero-order valence-corrected chi connectivity index (χ0v) is 17.0. The summed E-state index contributed by atoms with van der Waals surface area (Å²) in [6.07, 6.45) is -0.135. The maximum absolute atomic E-state index is 12.6. The molecule has 4 amide bonds. The van der Waals surface area contributed by atoms with Gasteiger partial charge in [-0.1, -0.05) is 13.8 Å². The van der Waals surface area contributed by atoms with Crippen LogP contribution in [0.3, 0.4) is 0 Å². The van der Waals surface area contributed by atoms with E-state index in [1.807, 2.05) is 13.8 Å². The van der Waals surface area contributed by atoms with Crippen LogP contribution in [0.15, 0.2) is 0 Å².